The van der Waals surface area contributed by atoms with Crippen molar-refractivity contribution < 1.29 is 19.2 Å². The molecule has 3 unspecified atom stereocenters. The Kier molecular flexibility index (Phi) is 9.75. The Morgan fingerprint density at radius 2 is 1.78 bits per heavy atom. The van der Waals surface area contributed by atoms with Crippen molar-refractivity contribution in [3.63, 3.8) is 0 Å². The molecule has 3 rings (SSSR count). The van der Waals surface area contributed by atoms with Crippen LogP contribution in [0.1, 0.15) is 109 Å². The number of Topliss-reactive ketones (excluding diaryl/α,β-unsaturated/α-hetero) is 3. The van der Waals surface area contributed by atoms with E-state index in [0.29, 0.717) is 12.0 Å². The van der Waals surface area contributed by atoms with Crippen LogP contribution in [0.25, 0.3) is 11.1 Å². The first-order valence-corrected chi connectivity index (χ1v) is 13.9. The van der Waals surface area contributed by atoms with E-state index in [1.807, 2.05) is 32.0 Å². The minimum absolute atomic E-state index is 0.000633. The van der Waals surface area contributed by atoms with Crippen LogP contribution >= 0.6 is 0 Å². The molecule has 0 radical (unpaired) electrons. The molecular formula is C33H42O4. The first-order valence-electron chi connectivity index (χ1n) is 13.9. The summed E-state index contributed by atoms with van der Waals surface area (Å²) in [5.74, 6) is 0.311. The van der Waals surface area contributed by atoms with Crippen molar-refractivity contribution in [2.75, 3.05) is 0 Å². The van der Waals surface area contributed by atoms with Gasteiger partial charge >= 0.3 is 0 Å². The van der Waals surface area contributed by atoms with Gasteiger partial charge in [0.15, 0.2) is 5.78 Å². The van der Waals surface area contributed by atoms with Gasteiger partial charge in [-0.1, -0.05) is 51.8 Å². The topological polar surface area (TPSA) is 68.3 Å². The number of aldehydes is 1. The van der Waals surface area contributed by atoms with Crippen molar-refractivity contribution in [3.8, 4) is 11.1 Å². The zero-order valence-corrected chi connectivity index (χ0v) is 23.4. The number of hydrogen-bond donors (Lipinski definition) is 0. The predicted molar refractivity (Wildman–Crippen MR) is 149 cm³/mol. The lowest BCUT2D eigenvalue weighted by molar-refractivity contribution is -0.129. The van der Waals surface area contributed by atoms with Crippen LogP contribution in [0.2, 0.25) is 0 Å². The quantitative estimate of drug-likeness (QED) is 0.223. The van der Waals surface area contributed by atoms with Gasteiger partial charge in [0.25, 0.3) is 0 Å². The van der Waals surface area contributed by atoms with Gasteiger partial charge in [-0.25, -0.2) is 0 Å². The Morgan fingerprint density at radius 3 is 2.38 bits per heavy atom. The molecule has 1 aliphatic carbocycles. The summed E-state index contributed by atoms with van der Waals surface area (Å²) in [6, 6.07) is 8.01. The van der Waals surface area contributed by atoms with Crippen molar-refractivity contribution in [2.24, 2.45) is 17.8 Å². The number of fused-ring (bicyclic) bond motifs is 1. The molecule has 0 spiro atoms. The molecule has 0 aliphatic heterocycles. The summed E-state index contributed by atoms with van der Waals surface area (Å²) in [5, 5.41) is 0. The number of carbonyl (C=O) groups excluding carboxylic acids is 4. The van der Waals surface area contributed by atoms with Crippen molar-refractivity contribution >= 4 is 23.6 Å². The van der Waals surface area contributed by atoms with E-state index in [2.05, 4.69) is 26.8 Å². The molecule has 4 nitrogen and oxygen atoms in total. The van der Waals surface area contributed by atoms with Crippen LogP contribution in [0.5, 0.6) is 0 Å². The van der Waals surface area contributed by atoms with E-state index in [0.717, 1.165) is 83.8 Å². The fourth-order valence-electron chi connectivity index (χ4n) is 6.40. The summed E-state index contributed by atoms with van der Waals surface area (Å²) in [4.78, 5) is 49.8. The Morgan fingerprint density at radius 1 is 1.05 bits per heavy atom. The molecular weight excluding hydrogens is 460 g/mol. The average molecular weight is 503 g/mol. The van der Waals surface area contributed by atoms with Crippen molar-refractivity contribution in [2.45, 2.75) is 92.9 Å². The van der Waals surface area contributed by atoms with E-state index >= 15 is 0 Å². The zero-order valence-electron chi connectivity index (χ0n) is 23.4. The van der Waals surface area contributed by atoms with Crippen LogP contribution in [0, 0.1) is 31.6 Å². The van der Waals surface area contributed by atoms with Gasteiger partial charge in [0, 0.05) is 23.5 Å². The van der Waals surface area contributed by atoms with Crippen molar-refractivity contribution in [1.82, 2.24) is 0 Å². The van der Waals surface area contributed by atoms with Crippen LogP contribution in [-0.4, -0.2) is 23.6 Å². The second kappa shape index (κ2) is 12.6. The molecule has 1 aliphatic rings. The van der Waals surface area contributed by atoms with E-state index in [-0.39, 0.29) is 41.5 Å². The van der Waals surface area contributed by atoms with Gasteiger partial charge in [0.05, 0.1) is 6.42 Å². The molecule has 0 heterocycles. The minimum atomic E-state index is -0.143. The second-order valence-corrected chi connectivity index (χ2v) is 10.9. The highest BCUT2D eigenvalue weighted by atomic mass is 16.1. The Labute approximate surface area is 222 Å². The molecule has 0 amide bonds. The van der Waals surface area contributed by atoms with Gasteiger partial charge in [0.2, 0.25) is 0 Å². The van der Waals surface area contributed by atoms with Gasteiger partial charge in [-0.3, -0.25) is 19.2 Å². The van der Waals surface area contributed by atoms with E-state index in [1.165, 1.54) is 6.92 Å². The summed E-state index contributed by atoms with van der Waals surface area (Å²) >= 11 is 0. The summed E-state index contributed by atoms with van der Waals surface area (Å²) in [7, 11) is 0. The molecule has 2 aromatic rings. The lowest BCUT2D eigenvalue weighted by Crippen LogP contribution is -2.30. The molecule has 0 saturated heterocycles. The molecule has 37 heavy (non-hydrogen) atoms. The Hall–Kier alpha value is -2.88. The summed E-state index contributed by atoms with van der Waals surface area (Å²) in [5.41, 5.74) is 7.95. The number of aryl methyl sites for hydroxylation is 2. The lowest BCUT2D eigenvalue weighted by atomic mass is 9.70. The van der Waals surface area contributed by atoms with Gasteiger partial charge < -0.3 is 0 Å². The molecule has 4 heteroatoms. The highest BCUT2D eigenvalue weighted by molar-refractivity contribution is 6.02. The normalized spacial score (nSPS) is 16.7. The SMILES string of the molecule is CCCC(CC1CC(=O)c2c(C)c(C)cc(-c3cc(C=O)ccc3CC)c2C1)C(CC)C(=O)CC(C)=O. The summed E-state index contributed by atoms with van der Waals surface area (Å²) < 4.78 is 0. The number of rotatable bonds is 12. The van der Waals surface area contributed by atoms with Gasteiger partial charge in [-0.2, -0.15) is 0 Å². The maximum Gasteiger partial charge on any atom is 0.163 e. The fraction of sp³-hybridized carbons (Fsp3) is 0.515. The van der Waals surface area contributed by atoms with Gasteiger partial charge in [-0.05, 0) is 97.7 Å². The van der Waals surface area contributed by atoms with Crippen LogP contribution in [0.4, 0.5) is 0 Å². The van der Waals surface area contributed by atoms with Gasteiger partial charge in [0.1, 0.15) is 17.9 Å². The third-order valence-corrected chi connectivity index (χ3v) is 8.28. The smallest absolute Gasteiger partial charge is 0.163 e. The molecule has 3 atom stereocenters. The first kappa shape index (κ1) is 28.7. The second-order valence-electron chi connectivity index (χ2n) is 10.9. The third-order valence-electron chi connectivity index (χ3n) is 8.28. The van der Waals surface area contributed by atoms with Crippen molar-refractivity contribution in [3.05, 3.63) is 57.6 Å². The molecule has 0 N–H and O–H groups in total. The van der Waals surface area contributed by atoms with Crippen LogP contribution in [-0.2, 0) is 22.4 Å². The van der Waals surface area contributed by atoms with Crippen LogP contribution in [0.3, 0.4) is 0 Å². The molecule has 0 fully saturated rings. The largest absolute Gasteiger partial charge is 0.300 e. The first-order chi connectivity index (χ1) is 17.6. The summed E-state index contributed by atoms with van der Waals surface area (Å²) in [6.45, 7) is 11.8. The maximum absolute atomic E-state index is 13.6. The monoisotopic (exact) mass is 502 g/mol. The van der Waals surface area contributed by atoms with E-state index in [9.17, 15) is 19.2 Å². The number of carbonyl (C=O) groups is 4. The summed E-state index contributed by atoms with van der Waals surface area (Å²) in [6.07, 6.45) is 6.39. The van der Waals surface area contributed by atoms with Gasteiger partial charge in [-0.15, -0.1) is 0 Å². The minimum Gasteiger partial charge on any atom is -0.300 e. The molecule has 0 bridgehead atoms. The van der Waals surface area contributed by atoms with E-state index in [4.69, 9.17) is 0 Å². The highest BCUT2D eigenvalue weighted by Gasteiger charge is 2.34. The Balaban J connectivity index is 2.05. The van der Waals surface area contributed by atoms with Crippen molar-refractivity contribution in [1.29, 1.82) is 0 Å². The Bertz CT molecular complexity index is 1190. The predicted octanol–water partition coefficient (Wildman–Crippen LogP) is 7.47. The van der Waals surface area contributed by atoms with Crippen LogP contribution < -0.4 is 0 Å². The third kappa shape index (κ3) is 6.34. The molecule has 0 saturated carbocycles. The standard InChI is InChI=1S/C33H42O4/c1-7-10-26(27(9-3)31(36)14-21(5)35)15-24-17-30-29(13-20(4)22(6)33(30)32(37)18-24)28-16-23(19-34)11-12-25(28)8-2/h11-13,16,19,24,26-27H,7-10,14-15,17-18H2,1-6H3. The maximum atomic E-state index is 13.6. The molecule has 0 aromatic heterocycles. The lowest BCUT2D eigenvalue weighted by Gasteiger charge is -2.33. The highest BCUT2D eigenvalue weighted by Crippen LogP contribution is 2.42. The zero-order chi connectivity index (χ0) is 27.3. The fourth-order valence-corrected chi connectivity index (χ4v) is 6.40. The number of hydrogen-bond acceptors (Lipinski definition) is 4. The average Bonchev–Trinajstić information content (AvgIpc) is 2.85. The van der Waals surface area contributed by atoms with E-state index in [1.54, 1.807) is 0 Å². The van der Waals surface area contributed by atoms with Crippen LogP contribution in [0.15, 0.2) is 24.3 Å². The number of ketones is 3. The van der Waals surface area contributed by atoms with E-state index < -0.39 is 0 Å². The number of benzene rings is 2. The molecule has 198 valence electrons. The molecule has 2 aromatic carbocycles.